The van der Waals surface area contributed by atoms with Crippen LogP contribution in [-0.4, -0.2) is 70.1 Å². The molecule has 9 heteroatoms. The van der Waals surface area contributed by atoms with Gasteiger partial charge in [0.25, 0.3) is 6.47 Å². The smallest absolute Gasteiger partial charge is 0.357 e. The van der Waals surface area contributed by atoms with E-state index in [1.165, 1.54) is 0 Å². The van der Waals surface area contributed by atoms with Crippen LogP contribution in [0.1, 0.15) is 62.1 Å². The van der Waals surface area contributed by atoms with Gasteiger partial charge in [-0.15, -0.1) is 0 Å². The lowest BCUT2D eigenvalue weighted by molar-refractivity contribution is -0.171. The van der Waals surface area contributed by atoms with E-state index in [-0.39, 0.29) is 24.3 Å². The minimum absolute atomic E-state index is 0.135. The van der Waals surface area contributed by atoms with E-state index in [4.69, 9.17) is 19.4 Å². The molecule has 0 aromatic carbocycles. The summed E-state index contributed by atoms with van der Waals surface area (Å²) in [6, 6.07) is 1.65. The number of aliphatic hydroxyl groups excluding tert-OH is 1. The molecule has 0 saturated carbocycles. The number of carbonyl (C=O) groups is 2. The van der Waals surface area contributed by atoms with E-state index in [2.05, 4.69) is 21.8 Å². The number of aromatic nitrogens is 2. The van der Waals surface area contributed by atoms with Crippen molar-refractivity contribution in [2.24, 2.45) is 0 Å². The number of carbonyl (C=O) groups excluding carboxylic acids is 1. The Hall–Kier alpha value is -2.26. The van der Waals surface area contributed by atoms with Gasteiger partial charge in [-0.3, -0.25) is 4.79 Å². The molecule has 3 rings (SSSR count). The van der Waals surface area contributed by atoms with E-state index in [9.17, 15) is 9.90 Å². The molecule has 2 saturated heterocycles. The first kappa shape index (κ1) is 23.0. The molecule has 2 fully saturated rings. The highest BCUT2D eigenvalue weighted by Gasteiger charge is 2.43. The molecule has 1 spiro atoms. The molecule has 0 bridgehead atoms. The number of esters is 1. The van der Waals surface area contributed by atoms with Crippen molar-refractivity contribution in [2.45, 2.75) is 70.7 Å². The lowest BCUT2D eigenvalue weighted by Crippen LogP contribution is -2.53. The highest BCUT2D eigenvalue weighted by molar-refractivity contribution is 5.87. The molecule has 0 aliphatic carbocycles. The standard InChI is InChI=1S/C19H29N3O4.CH2O2/c1-4-15-11-14(23)12-19(26-15)6-8-22(9-7-19)18-20-13(3)10-16(21-18)17(24)25-5-2;2-1-3/h10,14-15,23H,4-9,11-12H2,1-3H3;1H,(H,2,3)/t14-,15+;/m1./s1. The van der Waals surface area contributed by atoms with Crippen LogP contribution < -0.4 is 4.90 Å². The first-order valence-corrected chi connectivity index (χ1v) is 10.1. The third-order valence-corrected chi connectivity index (χ3v) is 5.30. The van der Waals surface area contributed by atoms with Gasteiger partial charge in [-0.05, 0) is 45.6 Å². The van der Waals surface area contributed by atoms with Crippen molar-refractivity contribution in [3.63, 3.8) is 0 Å². The summed E-state index contributed by atoms with van der Waals surface area (Å²) in [6.45, 7) is 7.29. The molecule has 1 aromatic heterocycles. The molecule has 9 nitrogen and oxygen atoms in total. The third-order valence-electron chi connectivity index (χ3n) is 5.30. The Kier molecular flexibility index (Phi) is 8.33. The Morgan fingerprint density at radius 1 is 1.38 bits per heavy atom. The maximum atomic E-state index is 12.0. The number of nitrogens with zero attached hydrogens (tertiary/aromatic N) is 3. The van der Waals surface area contributed by atoms with Crippen LogP contribution in [0.5, 0.6) is 0 Å². The minimum Gasteiger partial charge on any atom is -0.483 e. The summed E-state index contributed by atoms with van der Waals surface area (Å²) in [5.74, 6) is 0.142. The van der Waals surface area contributed by atoms with E-state index in [0.717, 1.165) is 44.5 Å². The van der Waals surface area contributed by atoms with Crippen molar-refractivity contribution in [1.82, 2.24) is 9.97 Å². The van der Waals surface area contributed by atoms with Crippen molar-refractivity contribution in [1.29, 1.82) is 0 Å². The third kappa shape index (κ3) is 6.11. The van der Waals surface area contributed by atoms with Gasteiger partial charge in [0.15, 0.2) is 5.69 Å². The largest absolute Gasteiger partial charge is 0.483 e. The van der Waals surface area contributed by atoms with E-state index in [1.54, 1.807) is 13.0 Å². The molecular formula is C20H31N3O6. The van der Waals surface area contributed by atoms with Crippen molar-refractivity contribution >= 4 is 18.4 Å². The van der Waals surface area contributed by atoms with Crippen LogP contribution in [0.25, 0.3) is 0 Å². The lowest BCUT2D eigenvalue weighted by atomic mass is 9.81. The Labute approximate surface area is 171 Å². The molecule has 1 aromatic rings. The van der Waals surface area contributed by atoms with Crippen LogP contribution in [0.2, 0.25) is 0 Å². The van der Waals surface area contributed by atoms with Crippen molar-refractivity contribution in [3.05, 3.63) is 17.5 Å². The summed E-state index contributed by atoms with van der Waals surface area (Å²) in [5, 5.41) is 17.1. The fraction of sp³-hybridized carbons (Fsp3) is 0.700. The second-order valence-electron chi connectivity index (χ2n) is 7.43. The molecule has 0 unspecified atom stereocenters. The highest BCUT2D eigenvalue weighted by Crippen LogP contribution is 2.38. The van der Waals surface area contributed by atoms with Gasteiger partial charge >= 0.3 is 5.97 Å². The second kappa shape index (κ2) is 10.5. The van der Waals surface area contributed by atoms with Gasteiger partial charge < -0.3 is 24.6 Å². The van der Waals surface area contributed by atoms with Crippen molar-refractivity contribution < 1.29 is 29.3 Å². The number of aryl methyl sites for hydroxylation is 1. The Balaban J connectivity index is 0.000000941. The molecule has 2 aliphatic heterocycles. The summed E-state index contributed by atoms with van der Waals surface area (Å²) in [5.41, 5.74) is 0.793. The van der Waals surface area contributed by atoms with Gasteiger partial charge in [0, 0.05) is 25.2 Å². The fourth-order valence-electron chi connectivity index (χ4n) is 3.96. The van der Waals surface area contributed by atoms with E-state index in [1.807, 2.05) is 6.92 Å². The fourth-order valence-corrected chi connectivity index (χ4v) is 3.96. The number of aliphatic hydroxyl groups is 1. The van der Waals surface area contributed by atoms with Gasteiger partial charge in [-0.1, -0.05) is 6.92 Å². The van der Waals surface area contributed by atoms with Crippen molar-refractivity contribution in [2.75, 3.05) is 24.6 Å². The maximum absolute atomic E-state index is 12.0. The molecule has 162 valence electrons. The molecular weight excluding hydrogens is 378 g/mol. The molecule has 3 heterocycles. The molecule has 0 amide bonds. The summed E-state index contributed by atoms with van der Waals surface area (Å²) in [7, 11) is 0. The Morgan fingerprint density at radius 2 is 2.03 bits per heavy atom. The summed E-state index contributed by atoms with van der Waals surface area (Å²) < 4.78 is 11.4. The summed E-state index contributed by atoms with van der Waals surface area (Å²) in [4.78, 5) is 31.4. The number of rotatable bonds is 4. The quantitative estimate of drug-likeness (QED) is 0.567. The van der Waals surface area contributed by atoms with Crippen LogP contribution in [-0.2, 0) is 14.3 Å². The van der Waals surface area contributed by atoms with Crippen LogP contribution >= 0.6 is 0 Å². The minimum atomic E-state index is -0.419. The SMILES string of the molecule is CCOC(=O)c1cc(C)nc(N2CCC3(CC2)C[C@H](O)C[C@H](CC)O3)n1.O=CO. The molecule has 2 aliphatic rings. The zero-order valence-corrected chi connectivity index (χ0v) is 17.3. The van der Waals surface area contributed by atoms with Crippen LogP contribution in [0.3, 0.4) is 0 Å². The Bertz CT molecular complexity index is 691. The second-order valence-corrected chi connectivity index (χ2v) is 7.43. The predicted molar refractivity (Wildman–Crippen MR) is 106 cm³/mol. The molecule has 29 heavy (non-hydrogen) atoms. The maximum Gasteiger partial charge on any atom is 0.357 e. The first-order chi connectivity index (χ1) is 13.9. The average molecular weight is 409 g/mol. The number of carboxylic acid groups (broad SMARTS) is 1. The highest BCUT2D eigenvalue weighted by atomic mass is 16.5. The monoisotopic (exact) mass is 409 g/mol. The summed E-state index contributed by atoms with van der Waals surface area (Å²) in [6.07, 6.45) is 3.85. The van der Waals surface area contributed by atoms with Gasteiger partial charge in [0.05, 0.1) is 24.4 Å². The molecule has 2 atom stereocenters. The van der Waals surface area contributed by atoms with E-state index >= 15 is 0 Å². The number of piperidine rings is 1. The summed E-state index contributed by atoms with van der Waals surface area (Å²) >= 11 is 0. The number of hydrogen-bond donors (Lipinski definition) is 2. The zero-order valence-electron chi connectivity index (χ0n) is 17.3. The van der Waals surface area contributed by atoms with Gasteiger partial charge in [-0.2, -0.15) is 0 Å². The van der Waals surface area contributed by atoms with Gasteiger partial charge in [-0.25, -0.2) is 14.8 Å². The number of ether oxygens (including phenoxy) is 2. The van der Waals surface area contributed by atoms with Crippen LogP contribution in [0.4, 0.5) is 5.95 Å². The topological polar surface area (TPSA) is 122 Å². The van der Waals surface area contributed by atoms with E-state index < -0.39 is 5.97 Å². The molecule has 2 N–H and O–H groups in total. The predicted octanol–water partition coefficient (Wildman–Crippen LogP) is 1.95. The van der Waals surface area contributed by atoms with Crippen molar-refractivity contribution in [3.8, 4) is 0 Å². The lowest BCUT2D eigenvalue weighted by Gasteiger charge is -2.47. The Morgan fingerprint density at radius 3 is 2.62 bits per heavy atom. The average Bonchev–Trinajstić information content (AvgIpc) is 2.68. The normalized spacial score (nSPS) is 23.1. The van der Waals surface area contributed by atoms with E-state index in [0.29, 0.717) is 24.7 Å². The molecule has 0 radical (unpaired) electrons. The number of hydrogen-bond acceptors (Lipinski definition) is 8. The van der Waals surface area contributed by atoms with Crippen LogP contribution in [0, 0.1) is 6.92 Å². The van der Waals surface area contributed by atoms with Gasteiger partial charge in [0.2, 0.25) is 5.95 Å². The zero-order chi connectivity index (χ0) is 21.4. The number of anilines is 1. The van der Waals surface area contributed by atoms with Gasteiger partial charge in [0.1, 0.15) is 0 Å². The first-order valence-electron chi connectivity index (χ1n) is 10.1. The van der Waals surface area contributed by atoms with Crippen LogP contribution in [0.15, 0.2) is 6.07 Å².